The Hall–Kier alpha value is -2.43. The standard InChI is InChI=1S/C15H14N2O3/c18-14(17-9-3-6-13(17)15(19)20)11-7-8-16-12-5-2-1-4-10(11)12/h1-2,4-5,7-8,13H,3,6,9H2,(H,19,20)/t13-/m0/s1. The lowest BCUT2D eigenvalue weighted by molar-refractivity contribution is -0.141. The fourth-order valence-electron chi connectivity index (χ4n) is 2.70. The Bertz CT molecular complexity index is 678. The van der Waals surface area contributed by atoms with Gasteiger partial charge in [-0.3, -0.25) is 9.78 Å². The Labute approximate surface area is 115 Å². The van der Waals surface area contributed by atoms with E-state index in [0.717, 1.165) is 17.3 Å². The van der Waals surface area contributed by atoms with Crippen LogP contribution in [0.1, 0.15) is 23.2 Å². The van der Waals surface area contributed by atoms with Crippen molar-refractivity contribution in [3.8, 4) is 0 Å². The van der Waals surface area contributed by atoms with E-state index in [1.165, 1.54) is 4.90 Å². The Kier molecular flexibility index (Phi) is 3.10. The van der Waals surface area contributed by atoms with Gasteiger partial charge in [0.1, 0.15) is 6.04 Å². The Morgan fingerprint density at radius 1 is 1.25 bits per heavy atom. The quantitative estimate of drug-likeness (QED) is 0.905. The van der Waals surface area contributed by atoms with E-state index >= 15 is 0 Å². The minimum Gasteiger partial charge on any atom is -0.480 e. The third-order valence-electron chi connectivity index (χ3n) is 3.68. The van der Waals surface area contributed by atoms with E-state index in [0.29, 0.717) is 18.5 Å². The molecule has 0 unspecified atom stereocenters. The number of carboxylic acids is 1. The lowest BCUT2D eigenvalue weighted by atomic mass is 10.1. The van der Waals surface area contributed by atoms with E-state index in [9.17, 15) is 14.7 Å². The van der Waals surface area contributed by atoms with Gasteiger partial charge in [-0.2, -0.15) is 0 Å². The molecule has 102 valence electrons. The smallest absolute Gasteiger partial charge is 0.326 e. The van der Waals surface area contributed by atoms with Gasteiger partial charge < -0.3 is 10.0 Å². The second kappa shape index (κ2) is 4.92. The average Bonchev–Trinajstić information content (AvgIpc) is 2.95. The van der Waals surface area contributed by atoms with Gasteiger partial charge in [0.05, 0.1) is 11.1 Å². The summed E-state index contributed by atoms with van der Waals surface area (Å²) in [5.41, 5.74) is 1.26. The topological polar surface area (TPSA) is 70.5 Å². The van der Waals surface area contributed by atoms with Crippen LogP contribution in [0.25, 0.3) is 10.9 Å². The van der Waals surface area contributed by atoms with Crippen molar-refractivity contribution in [3.63, 3.8) is 0 Å². The summed E-state index contributed by atoms with van der Waals surface area (Å²) >= 11 is 0. The number of aromatic nitrogens is 1. The molecule has 1 saturated heterocycles. The second-order valence-corrected chi connectivity index (χ2v) is 4.87. The molecule has 5 nitrogen and oxygen atoms in total. The summed E-state index contributed by atoms with van der Waals surface area (Å²) in [7, 11) is 0. The number of amides is 1. The molecule has 20 heavy (non-hydrogen) atoms. The number of para-hydroxylation sites is 1. The molecule has 1 aromatic carbocycles. The highest BCUT2D eigenvalue weighted by Crippen LogP contribution is 2.23. The molecule has 1 N–H and O–H groups in total. The molecule has 5 heteroatoms. The number of nitrogens with zero attached hydrogens (tertiary/aromatic N) is 2. The van der Waals surface area contributed by atoms with Crippen molar-refractivity contribution in [1.29, 1.82) is 0 Å². The van der Waals surface area contributed by atoms with Crippen molar-refractivity contribution in [2.75, 3.05) is 6.54 Å². The van der Waals surface area contributed by atoms with E-state index in [-0.39, 0.29) is 5.91 Å². The van der Waals surface area contributed by atoms with Crippen molar-refractivity contribution in [2.24, 2.45) is 0 Å². The molecule has 2 heterocycles. The molecular weight excluding hydrogens is 256 g/mol. The van der Waals surface area contributed by atoms with Gasteiger partial charge in [0.2, 0.25) is 0 Å². The zero-order chi connectivity index (χ0) is 14.1. The van der Waals surface area contributed by atoms with Gasteiger partial charge in [-0.05, 0) is 25.0 Å². The van der Waals surface area contributed by atoms with Crippen LogP contribution < -0.4 is 0 Å². The summed E-state index contributed by atoms with van der Waals surface area (Å²) in [5, 5.41) is 9.95. The van der Waals surface area contributed by atoms with Gasteiger partial charge in [0.15, 0.2) is 0 Å². The minimum atomic E-state index is -0.936. The predicted molar refractivity (Wildman–Crippen MR) is 73.4 cm³/mol. The molecule has 1 aromatic heterocycles. The molecule has 1 aliphatic rings. The zero-order valence-electron chi connectivity index (χ0n) is 10.8. The maximum absolute atomic E-state index is 12.6. The van der Waals surface area contributed by atoms with Gasteiger partial charge in [-0.15, -0.1) is 0 Å². The highest BCUT2D eigenvalue weighted by molar-refractivity contribution is 6.07. The third kappa shape index (κ3) is 2.01. The van der Waals surface area contributed by atoms with Crippen molar-refractivity contribution in [1.82, 2.24) is 9.88 Å². The van der Waals surface area contributed by atoms with E-state index in [4.69, 9.17) is 0 Å². The highest BCUT2D eigenvalue weighted by Gasteiger charge is 2.34. The normalized spacial score (nSPS) is 18.4. The second-order valence-electron chi connectivity index (χ2n) is 4.87. The average molecular weight is 270 g/mol. The lowest BCUT2D eigenvalue weighted by Crippen LogP contribution is -2.40. The van der Waals surface area contributed by atoms with E-state index < -0.39 is 12.0 Å². The number of likely N-dealkylation sites (tertiary alicyclic amines) is 1. The monoisotopic (exact) mass is 270 g/mol. The lowest BCUT2D eigenvalue weighted by Gasteiger charge is -2.22. The molecule has 1 amide bonds. The van der Waals surface area contributed by atoms with Crippen LogP contribution in [0.4, 0.5) is 0 Å². The van der Waals surface area contributed by atoms with Gasteiger partial charge in [-0.25, -0.2) is 4.79 Å². The third-order valence-corrected chi connectivity index (χ3v) is 3.68. The molecule has 1 fully saturated rings. The first-order valence-corrected chi connectivity index (χ1v) is 6.56. The first kappa shape index (κ1) is 12.6. The molecule has 0 saturated carbocycles. The fourth-order valence-corrected chi connectivity index (χ4v) is 2.70. The number of rotatable bonds is 2. The number of pyridine rings is 1. The predicted octanol–water partition coefficient (Wildman–Crippen LogP) is 1.92. The fraction of sp³-hybridized carbons (Fsp3) is 0.267. The number of carboxylic acid groups (broad SMARTS) is 1. The van der Waals surface area contributed by atoms with Crippen LogP contribution in [0.15, 0.2) is 36.5 Å². The van der Waals surface area contributed by atoms with Crippen LogP contribution in [0.3, 0.4) is 0 Å². The van der Waals surface area contributed by atoms with Crippen molar-refractivity contribution >= 4 is 22.8 Å². The van der Waals surface area contributed by atoms with Crippen molar-refractivity contribution in [3.05, 3.63) is 42.1 Å². The van der Waals surface area contributed by atoms with Gasteiger partial charge in [-0.1, -0.05) is 18.2 Å². The van der Waals surface area contributed by atoms with Crippen molar-refractivity contribution < 1.29 is 14.7 Å². The summed E-state index contributed by atoms with van der Waals surface area (Å²) in [6.07, 6.45) is 2.83. The van der Waals surface area contributed by atoms with Crippen LogP contribution in [0.5, 0.6) is 0 Å². The van der Waals surface area contributed by atoms with Crippen LogP contribution >= 0.6 is 0 Å². The maximum atomic E-state index is 12.6. The molecule has 0 aliphatic carbocycles. The van der Waals surface area contributed by atoms with Gasteiger partial charge in [0, 0.05) is 18.1 Å². The van der Waals surface area contributed by atoms with Gasteiger partial charge in [0.25, 0.3) is 5.91 Å². The number of hydrogen-bond donors (Lipinski definition) is 1. The largest absolute Gasteiger partial charge is 0.480 e. The van der Waals surface area contributed by atoms with E-state index in [2.05, 4.69) is 4.98 Å². The first-order valence-electron chi connectivity index (χ1n) is 6.56. The summed E-state index contributed by atoms with van der Waals surface area (Å²) in [5.74, 6) is -1.16. The minimum absolute atomic E-state index is 0.228. The van der Waals surface area contributed by atoms with E-state index in [1.54, 1.807) is 12.3 Å². The number of carbonyl (C=O) groups is 2. The number of benzene rings is 1. The SMILES string of the molecule is O=C(O)[C@@H]1CCCN1C(=O)c1ccnc2ccccc12. The van der Waals surface area contributed by atoms with Crippen molar-refractivity contribution in [2.45, 2.75) is 18.9 Å². The molecule has 1 aliphatic heterocycles. The molecule has 1 atom stereocenters. The Morgan fingerprint density at radius 2 is 2.05 bits per heavy atom. The maximum Gasteiger partial charge on any atom is 0.326 e. The number of carbonyl (C=O) groups excluding carboxylic acids is 1. The van der Waals surface area contributed by atoms with Crippen LogP contribution in [-0.4, -0.2) is 39.5 Å². The van der Waals surface area contributed by atoms with Crippen LogP contribution in [0, 0.1) is 0 Å². The highest BCUT2D eigenvalue weighted by atomic mass is 16.4. The number of aliphatic carboxylic acids is 1. The number of hydrogen-bond acceptors (Lipinski definition) is 3. The van der Waals surface area contributed by atoms with Gasteiger partial charge >= 0.3 is 5.97 Å². The van der Waals surface area contributed by atoms with E-state index in [1.807, 2.05) is 24.3 Å². The summed E-state index contributed by atoms with van der Waals surface area (Å²) in [6.45, 7) is 0.493. The summed E-state index contributed by atoms with van der Waals surface area (Å²) in [4.78, 5) is 29.5. The zero-order valence-corrected chi connectivity index (χ0v) is 10.8. The molecule has 3 rings (SSSR count). The summed E-state index contributed by atoms with van der Waals surface area (Å²) < 4.78 is 0. The molecule has 0 spiro atoms. The summed E-state index contributed by atoms with van der Waals surface area (Å²) in [6, 6.07) is 8.32. The molecule has 2 aromatic rings. The Morgan fingerprint density at radius 3 is 2.85 bits per heavy atom. The Balaban J connectivity index is 2.03. The molecule has 0 radical (unpaired) electrons. The number of fused-ring (bicyclic) bond motifs is 1. The van der Waals surface area contributed by atoms with Crippen LogP contribution in [0.2, 0.25) is 0 Å². The first-order chi connectivity index (χ1) is 9.68. The molecule has 0 bridgehead atoms. The van der Waals surface area contributed by atoms with Crippen LogP contribution in [-0.2, 0) is 4.79 Å². The molecular formula is C15H14N2O3.